The molecule has 1 heterocycles. The minimum Gasteiger partial charge on any atom is -0.464 e. The molecule has 0 amide bonds. The first-order valence-corrected chi connectivity index (χ1v) is 7.29. The molecule has 0 fully saturated rings. The molecule has 104 valence electrons. The van der Waals surface area contributed by atoms with Gasteiger partial charge in [0.25, 0.3) is 0 Å². The van der Waals surface area contributed by atoms with Crippen LogP contribution in [0.4, 0.5) is 0 Å². The quantitative estimate of drug-likeness (QED) is 0.423. The minimum atomic E-state index is 0.185. The lowest BCUT2D eigenvalue weighted by atomic mass is 10.00. The normalized spacial score (nSPS) is 12.9. The van der Waals surface area contributed by atoms with Gasteiger partial charge in [-0.1, -0.05) is 57.2 Å². The van der Waals surface area contributed by atoms with Crippen LogP contribution in [0.1, 0.15) is 57.1 Å². The predicted octanol–water partition coefficient (Wildman–Crippen LogP) is 4.30. The van der Waals surface area contributed by atoms with E-state index in [1.807, 2.05) is 24.5 Å². The first kappa shape index (κ1) is 14.1. The van der Waals surface area contributed by atoms with Crippen LogP contribution in [0.3, 0.4) is 0 Å². The second-order valence-electron chi connectivity index (χ2n) is 5.11. The molecule has 3 N–H and O–H groups in total. The first-order valence-electron chi connectivity index (χ1n) is 7.29. The molecule has 0 saturated heterocycles. The highest BCUT2D eigenvalue weighted by Gasteiger charge is 2.15. The molecular weight excluding hydrogens is 236 g/mol. The van der Waals surface area contributed by atoms with Crippen LogP contribution in [-0.4, -0.2) is 0 Å². The van der Waals surface area contributed by atoms with Crippen molar-refractivity contribution in [3.8, 4) is 0 Å². The van der Waals surface area contributed by atoms with Crippen LogP contribution in [-0.2, 0) is 0 Å². The smallest absolute Gasteiger partial charge is 0.134 e. The highest BCUT2D eigenvalue weighted by Crippen LogP contribution is 2.28. The zero-order chi connectivity index (χ0) is 13.5. The van der Waals surface area contributed by atoms with Crippen molar-refractivity contribution in [3.05, 3.63) is 36.1 Å². The number of para-hydroxylation sites is 1. The highest BCUT2D eigenvalue weighted by molar-refractivity contribution is 5.81. The van der Waals surface area contributed by atoms with Crippen molar-refractivity contribution >= 4 is 11.0 Å². The summed E-state index contributed by atoms with van der Waals surface area (Å²) in [5.74, 6) is 5.70. The number of hydrogen-bond donors (Lipinski definition) is 2. The third-order valence-electron chi connectivity index (χ3n) is 3.68. The van der Waals surface area contributed by atoms with Gasteiger partial charge in [-0.15, -0.1) is 0 Å². The Bertz CT molecular complexity index is 492. The zero-order valence-electron chi connectivity index (χ0n) is 11.7. The Hall–Kier alpha value is -1.32. The van der Waals surface area contributed by atoms with E-state index >= 15 is 0 Å². The van der Waals surface area contributed by atoms with Gasteiger partial charge in [0.2, 0.25) is 0 Å². The molecule has 3 nitrogen and oxygen atoms in total. The molecule has 0 aliphatic carbocycles. The van der Waals surface area contributed by atoms with Crippen LogP contribution < -0.4 is 11.3 Å². The van der Waals surface area contributed by atoms with Crippen molar-refractivity contribution in [3.63, 3.8) is 0 Å². The van der Waals surface area contributed by atoms with Gasteiger partial charge in [0.1, 0.15) is 5.58 Å². The number of unbranched alkanes of at least 4 members (excludes halogenated alkanes) is 4. The summed E-state index contributed by atoms with van der Waals surface area (Å²) in [6.45, 7) is 2.24. The zero-order valence-corrected chi connectivity index (χ0v) is 11.7. The molecule has 1 atom stereocenters. The molecule has 0 saturated carbocycles. The summed E-state index contributed by atoms with van der Waals surface area (Å²) in [4.78, 5) is 0. The Morgan fingerprint density at radius 2 is 1.95 bits per heavy atom. The van der Waals surface area contributed by atoms with Gasteiger partial charge in [0.15, 0.2) is 0 Å². The van der Waals surface area contributed by atoms with E-state index in [1.165, 1.54) is 43.1 Å². The van der Waals surface area contributed by atoms with Crippen LogP contribution in [0.5, 0.6) is 0 Å². The van der Waals surface area contributed by atoms with Crippen molar-refractivity contribution in [2.45, 2.75) is 51.5 Å². The summed E-state index contributed by atoms with van der Waals surface area (Å²) >= 11 is 0. The van der Waals surface area contributed by atoms with Crippen LogP contribution in [0, 0.1) is 0 Å². The van der Waals surface area contributed by atoms with Crippen molar-refractivity contribution < 1.29 is 4.42 Å². The number of nitrogens with one attached hydrogen (secondary N) is 1. The van der Waals surface area contributed by atoms with Gasteiger partial charge in [-0.3, -0.25) is 11.3 Å². The Kier molecular flexibility index (Phi) is 5.43. The maximum Gasteiger partial charge on any atom is 0.134 e. The molecule has 0 aliphatic heterocycles. The van der Waals surface area contributed by atoms with Crippen LogP contribution >= 0.6 is 0 Å². The fourth-order valence-corrected chi connectivity index (χ4v) is 2.55. The minimum absolute atomic E-state index is 0.185. The van der Waals surface area contributed by atoms with E-state index in [1.54, 1.807) is 0 Å². The van der Waals surface area contributed by atoms with Gasteiger partial charge in [-0.25, -0.2) is 0 Å². The lowest BCUT2D eigenvalue weighted by Gasteiger charge is -2.14. The molecule has 0 bridgehead atoms. The van der Waals surface area contributed by atoms with E-state index in [-0.39, 0.29) is 6.04 Å². The molecule has 1 unspecified atom stereocenters. The Morgan fingerprint density at radius 1 is 1.16 bits per heavy atom. The molecule has 0 spiro atoms. The van der Waals surface area contributed by atoms with Crippen LogP contribution in [0.15, 0.2) is 34.9 Å². The molecule has 2 rings (SSSR count). The first-order chi connectivity index (χ1) is 9.36. The Balaban J connectivity index is 1.97. The average molecular weight is 260 g/mol. The highest BCUT2D eigenvalue weighted by atomic mass is 16.3. The van der Waals surface area contributed by atoms with Crippen LogP contribution in [0.2, 0.25) is 0 Å². The molecule has 0 aliphatic rings. The molecule has 3 heteroatoms. The SMILES string of the molecule is CCCCCCCC(NN)c1coc2ccccc12. The van der Waals surface area contributed by atoms with Gasteiger partial charge in [0, 0.05) is 17.0 Å². The predicted molar refractivity (Wildman–Crippen MR) is 79.7 cm³/mol. The van der Waals surface area contributed by atoms with E-state index in [9.17, 15) is 0 Å². The monoisotopic (exact) mass is 260 g/mol. The number of nitrogens with two attached hydrogens (primary N) is 1. The van der Waals surface area contributed by atoms with Crippen molar-refractivity contribution in [1.82, 2.24) is 5.43 Å². The lowest BCUT2D eigenvalue weighted by Crippen LogP contribution is -2.27. The molecule has 1 aromatic heterocycles. The summed E-state index contributed by atoms with van der Waals surface area (Å²) in [5, 5.41) is 1.17. The molecule has 2 aromatic rings. The topological polar surface area (TPSA) is 51.2 Å². The molecule has 1 aromatic carbocycles. The third-order valence-corrected chi connectivity index (χ3v) is 3.68. The van der Waals surface area contributed by atoms with Gasteiger partial charge >= 0.3 is 0 Å². The molecule has 19 heavy (non-hydrogen) atoms. The Morgan fingerprint density at radius 3 is 2.74 bits per heavy atom. The summed E-state index contributed by atoms with van der Waals surface area (Å²) in [6.07, 6.45) is 9.31. The summed E-state index contributed by atoms with van der Waals surface area (Å²) in [6, 6.07) is 8.30. The standard InChI is InChI=1S/C16H24N2O/c1-2-3-4-5-6-10-15(18-17)14-12-19-16-11-8-7-9-13(14)16/h7-9,11-12,15,18H,2-6,10,17H2,1H3. The number of rotatable bonds is 8. The summed E-state index contributed by atoms with van der Waals surface area (Å²) in [5.41, 5.74) is 5.04. The van der Waals surface area contributed by atoms with Crippen molar-refractivity contribution in [1.29, 1.82) is 0 Å². The second-order valence-corrected chi connectivity index (χ2v) is 5.11. The largest absolute Gasteiger partial charge is 0.464 e. The lowest BCUT2D eigenvalue weighted by molar-refractivity contribution is 0.474. The number of hydrazine groups is 1. The van der Waals surface area contributed by atoms with Gasteiger partial charge in [-0.05, 0) is 12.5 Å². The molecule has 0 radical (unpaired) electrons. The van der Waals surface area contributed by atoms with E-state index in [0.717, 1.165) is 12.0 Å². The maximum absolute atomic E-state index is 5.70. The third kappa shape index (κ3) is 3.58. The maximum atomic E-state index is 5.70. The fraction of sp³-hybridized carbons (Fsp3) is 0.500. The average Bonchev–Trinajstić information content (AvgIpc) is 2.87. The van der Waals surface area contributed by atoms with E-state index in [0.29, 0.717) is 0 Å². The number of benzene rings is 1. The molecular formula is C16H24N2O. The van der Waals surface area contributed by atoms with Gasteiger partial charge in [-0.2, -0.15) is 0 Å². The Labute approximate surface area is 115 Å². The number of fused-ring (bicyclic) bond motifs is 1. The van der Waals surface area contributed by atoms with E-state index in [4.69, 9.17) is 10.3 Å². The fourth-order valence-electron chi connectivity index (χ4n) is 2.55. The number of hydrogen-bond acceptors (Lipinski definition) is 3. The van der Waals surface area contributed by atoms with E-state index in [2.05, 4.69) is 18.4 Å². The van der Waals surface area contributed by atoms with Crippen LogP contribution in [0.25, 0.3) is 11.0 Å². The second kappa shape index (κ2) is 7.31. The van der Waals surface area contributed by atoms with Gasteiger partial charge in [0.05, 0.1) is 6.26 Å². The van der Waals surface area contributed by atoms with E-state index < -0.39 is 0 Å². The number of furan rings is 1. The van der Waals surface area contributed by atoms with Crippen molar-refractivity contribution in [2.75, 3.05) is 0 Å². The summed E-state index contributed by atoms with van der Waals surface area (Å²) in [7, 11) is 0. The van der Waals surface area contributed by atoms with Gasteiger partial charge < -0.3 is 4.42 Å². The van der Waals surface area contributed by atoms with Crippen molar-refractivity contribution in [2.24, 2.45) is 5.84 Å². The summed E-state index contributed by atoms with van der Waals surface area (Å²) < 4.78 is 5.58.